The van der Waals surface area contributed by atoms with Gasteiger partial charge < -0.3 is 5.73 Å². The Kier molecular flexibility index (Phi) is 4.52. The number of hydrogen-bond acceptors (Lipinski definition) is 2. The zero-order chi connectivity index (χ0) is 11.1. The molecule has 15 heavy (non-hydrogen) atoms. The van der Waals surface area contributed by atoms with Crippen molar-refractivity contribution in [2.24, 2.45) is 5.73 Å². The summed E-state index contributed by atoms with van der Waals surface area (Å²) < 4.78 is 13.3. The van der Waals surface area contributed by atoms with Crippen LogP contribution in [0.2, 0.25) is 0 Å². The van der Waals surface area contributed by atoms with E-state index in [2.05, 4.69) is 0 Å². The lowest BCUT2D eigenvalue weighted by molar-refractivity contribution is 0.624. The fourth-order valence-corrected chi connectivity index (χ4v) is 1.23. The molecule has 1 aromatic carbocycles. The molecule has 0 atom stereocenters. The van der Waals surface area contributed by atoms with Crippen molar-refractivity contribution in [1.29, 1.82) is 5.26 Å². The predicted octanol–water partition coefficient (Wildman–Crippen LogP) is 2.25. The lowest BCUT2D eigenvalue weighted by atomic mass is 10.1. The van der Waals surface area contributed by atoms with Crippen LogP contribution in [0.1, 0.15) is 17.5 Å². The van der Waals surface area contributed by atoms with E-state index < -0.39 is 0 Å². The fourth-order valence-electron chi connectivity index (χ4n) is 1.23. The third-order valence-electron chi connectivity index (χ3n) is 1.97. The van der Waals surface area contributed by atoms with Gasteiger partial charge in [-0.25, -0.2) is 4.39 Å². The summed E-state index contributed by atoms with van der Waals surface area (Å²) >= 11 is 0. The summed E-state index contributed by atoms with van der Waals surface area (Å²) in [7, 11) is 0. The maximum atomic E-state index is 13.3. The summed E-state index contributed by atoms with van der Waals surface area (Å²) in [5.41, 5.74) is 6.66. The lowest BCUT2D eigenvalue weighted by Gasteiger charge is -1.99. The monoisotopic (exact) mass is 204 g/mol. The Morgan fingerprint density at radius 3 is 2.93 bits per heavy atom. The average molecular weight is 204 g/mol. The molecule has 0 amide bonds. The normalized spacial score (nSPS) is 10.5. The van der Waals surface area contributed by atoms with Gasteiger partial charge in [0.15, 0.2) is 0 Å². The van der Waals surface area contributed by atoms with Gasteiger partial charge in [-0.05, 0) is 30.7 Å². The summed E-state index contributed by atoms with van der Waals surface area (Å²) in [5.74, 6) is -0.273. The molecule has 0 aromatic heterocycles. The molecule has 0 aliphatic carbocycles. The van der Waals surface area contributed by atoms with E-state index in [-0.39, 0.29) is 5.82 Å². The molecule has 0 heterocycles. The molecule has 0 saturated heterocycles. The highest BCUT2D eigenvalue weighted by atomic mass is 19.1. The smallest absolute Gasteiger partial charge is 0.130 e. The second kappa shape index (κ2) is 5.94. The van der Waals surface area contributed by atoms with Crippen LogP contribution in [0.4, 0.5) is 4.39 Å². The van der Waals surface area contributed by atoms with Crippen molar-refractivity contribution in [2.75, 3.05) is 6.54 Å². The third kappa shape index (κ3) is 3.53. The van der Waals surface area contributed by atoms with Crippen molar-refractivity contribution in [2.45, 2.75) is 12.8 Å². The van der Waals surface area contributed by atoms with Crippen LogP contribution in [0.5, 0.6) is 0 Å². The Hall–Kier alpha value is -1.66. The van der Waals surface area contributed by atoms with Crippen molar-refractivity contribution in [3.8, 4) is 6.07 Å². The Morgan fingerprint density at radius 2 is 2.27 bits per heavy atom. The fraction of sp³-hybridized carbons (Fsp3) is 0.250. The molecule has 0 unspecified atom stereocenters. The van der Waals surface area contributed by atoms with E-state index in [0.717, 1.165) is 12.0 Å². The molecular formula is C12H13FN2. The summed E-state index contributed by atoms with van der Waals surface area (Å²) in [6.07, 6.45) is 4.55. The van der Waals surface area contributed by atoms with E-state index in [1.165, 1.54) is 6.07 Å². The quantitative estimate of drug-likeness (QED) is 0.817. The molecule has 0 saturated carbocycles. The number of benzene rings is 1. The predicted molar refractivity (Wildman–Crippen MR) is 58.4 cm³/mol. The highest BCUT2D eigenvalue weighted by molar-refractivity contribution is 5.51. The molecule has 2 nitrogen and oxygen atoms in total. The molecule has 2 N–H and O–H groups in total. The minimum atomic E-state index is -0.273. The van der Waals surface area contributed by atoms with Crippen LogP contribution in [-0.2, 0) is 6.42 Å². The van der Waals surface area contributed by atoms with Crippen LogP contribution in [0.25, 0.3) is 6.08 Å². The van der Waals surface area contributed by atoms with Gasteiger partial charge in [0.25, 0.3) is 0 Å². The number of halogens is 1. The summed E-state index contributed by atoms with van der Waals surface area (Å²) in [5, 5.41) is 8.52. The molecule has 0 aliphatic heterocycles. The van der Waals surface area contributed by atoms with E-state index in [1.807, 2.05) is 12.1 Å². The molecule has 78 valence electrons. The second-order valence-corrected chi connectivity index (χ2v) is 3.17. The average Bonchev–Trinajstić information content (AvgIpc) is 2.23. The first kappa shape index (κ1) is 11.4. The molecule has 0 fully saturated rings. The van der Waals surface area contributed by atoms with Crippen molar-refractivity contribution in [3.05, 3.63) is 41.2 Å². The van der Waals surface area contributed by atoms with Gasteiger partial charge in [0.05, 0.1) is 12.5 Å². The first-order valence-electron chi connectivity index (χ1n) is 4.80. The van der Waals surface area contributed by atoms with E-state index in [1.54, 1.807) is 18.2 Å². The molecule has 0 spiro atoms. The highest BCUT2D eigenvalue weighted by Crippen LogP contribution is 2.13. The van der Waals surface area contributed by atoms with Gasteiger partial charge in [-0.2, -0.15) is 5.26 Å². The number of nitrogens with two attached hydrogens (primary N) is 1. The van der Waals surface area contributed by atoms with Gasteiger partial charge >= 0.3 is 0 Å². The first-order chi connectivity index (χ1) is 7.27. The minimum Gasteiger partial charge on any atom is -0.330 e. The number of rotatable bonds is 4. The van der Waals surface area contributed by atoms with Crippen molar-refractivity contribution >= 4 is 6.08 Å². The van der Waals surface area contributed by atoms with Crippen LogP contribution < -0.4 is 5.73 Å². The van der Waals surface area contributed by atoms with E-state index in [4.69, 9.17) is 11.0 Å². The molecular weight excluding hydrogens is 191 g/mol. The Bertz CT molecular complexity index is 391. The van der Waals surface area contributed by atoms with Gasteiger partial charge in [0.2, 0.25) is 0 Å². The van der Waals surface area contributed by atoms with E-state index in [0.29, 0.717) is 18.5 Å². The van der Waals surface area contributed by atoms with Crippen molar-refractivity contribution < 1.29 is 4.39 Å². The van der Waals surface area contributed by atoms with Gasteiger partial charge in [-0.1, -0.05) is 18.2 Å². The largest absolute Gasteiger partial charge is 0.330 e. The third-order valence-corrected chi connectivity index (χ3v) is 1.97. The lowest BCUT2D eigenvalue weighted by Crippen LogP contribution is -1.95. The Balaban J connectivity index is 2.86. The van der Waals surface area contributed by atoms with Gasteiger partial charge in [0.1, 0.15) is 5.82 Å². The topological polar surface area (TPSA) is 49.8 Å². The number of nitrogens with zero attached hydrogens (tertiary/aromatic N) is 1. The summed E-state index contributed by atoms with van der Waals surface area (Å²) in [6, 6.07) is 6.73. The Labute approximate surface area is 88.8 Å². The van der Waals surface area contributed by atoms with Crippen LogP contribution in [0.15, 0.2) is 24.3 Å². The number of hydrogen-bond donors (Lipinski definition) is 1. The molecule has 0 radical (unpaired) electrons. The standard InChI is InChI=1S/C12H13FN2/c13-12-5-4-10(6-8-15)9-11(12)3-1-2-7-14/h1,3-5,9H,2,6-7,14H2. The van der Waals surface area contributed by atoms with Crippen LogP contribution in [-0.4, -0.2) is 6.54 Å². The Morgan fingerprint density at radius 1 is 1.47 bits per heavy atom. The van der Waals surface area contributed by atoms with Crippen molar-refractivity contribution in [3.63, 3.8) is 0 Å². The van der Waals surface area contributed by atoms with Crippen molar-refractivity contribution in [1.82, 2.24) is 0 Å². The maximum Gasteiger partial charge on any atom is 0.130 e. The van der Waals surface area contributed by atoms with E-state index in [9.17, 15) is 4.39 Å². The molecule has 0 aliphatic rings. The molecule has 1 aromatic rings. The van der Waals surface area contributed by atoms with Crippen LogP contribution >= 0.6 is 0 Å². The van der Waals surface area contributed by atoms with Gasteiger partial charge in [-0.3, -0.25) is 0 Å². The SMILES string of the molecule is N#CCc1ccc(F)c(C=CCCN)c1. The summed E-state index contributed by atoms with van der Waals surface area (Å²) in [6.45, 7) is 0.552. The first-order valence-corrected chi connectivity index (χ1v) is 4.80. The van der Waals surface area contributed by atoms with Crippen LogP contribution in [0, 0.1) is 17.1 Å². The van der Waals surface area contributed by atoms with Crippen LogP contribution in [0.3, 0.4) is 0 Å². The summed E-state index contributed by atoms with van der Waals surface area (Å²) in [4.78, 5) is 0. The number of nitriles is 1. The van der Waals surface area contributed by atoms with Gasteiger partial charge in [0, 0.05) is 5.56 Å². The highest BCUT2D eigenvalue weighted by Gasteiger charge is 1.99. The molecule has 0 bridgehead atoms. The zero-order valence-corrected chi connectivity index (χ0v) is 8.41. The maximum absolute atomic E-state index is 13.3. The van der Waals surface area contributed by atoms with Gasteiger partial charge in [-0.15, -0.1) is 0 Å². The molecule has 1 rings (SSSR count). The van der Waals surface area contributed by atoms with E-state index >= 15 is 0 Å². The second-order valence-electron chi connectivity index (χ2n) is 3.17. The minimum absolute atomic E-state index is 0.273. The molecule has 3 heteroatoms. The zero-order valence-electron chi connectivity index (χ0n) is 8.41.